The fourth-order valence-corrected chi connectivity index (χ4v) is 1.65. The Kier molecular flexibility index (Phi) is 3.43. The van der Waals surface area contributed by atoms with E-state index < -0.39 is 0 Å². The molecule has 5 nitrogen and oxygen atoms in total. The fraction of sp³-hybridized carbons (Fsp3) is 0.0769. The van der Waals surface area contributed by atoms with E-state index in [4.69, 9.17) is 10.6 Å². The first-order chi connectivity index (χ1) is 8.77. The number of rotatable bonds is 3. The Labute approximate surface area is 105 Å². The molecule has 0 bridgehead atoms. The molecule has 0 radical (unpaired) electrons. The number of hydrogen-bond acceptors (Lipinski definition) is 5. The molecule has 0 aliphatic heterocycles. The number of pyridine rings is 1. The number of aromatic nitrogens is 1. The average Bonchev–Trinajstić information content (AvgIpc) is 2.43. The SMILES string of the molecule is COc1cccc(C(=NN)c2ccccn2)c1O. The molecule has 2 aromatic rings. The van der Waals surface area contributed by atoms with Gasteiger partial charge in [0.2, 0.25) is 0 Å². The second-order valence-corrected chi connectivity index (χ2v) is 3.55. The van der Waals surface area contributed by atoms with E-state index >= 15 is 0 Å². The van der Waals surface area contributed by atoms with Crippen molar-refractivity contribution in [1.82, 2.24) is 4.98 Å². The van der Waals surface area contributed by atoms with Crippen molar-refractivity contribution in [3.8, 4) is 11.5 Å². The predicted molar refractivity (Wildman–Crippen MR) is 68.7 cm³/mol. The Morgan fingerprint density at radius 2 is 2.11 bits per heavy atom. The van der Waals surface area contributed by atoms with Crippen molar-refractivity contribution >= 4 is 5.71 Å². The average molecular weight is 243 g/mol. The summed E-state index contributed by atoms with van der Waals surface area (Å²) < 4.78 is 5.05. The second-order valence-electron chi connectivity index (χ2n) is 3.55. The number of hydrogen-bond donors (Lipinski definition) is 2. The molecule has 1 heterocycles. The topological polar surface area (TPSA) is 80.7 Å². The first-order valence-corrected chi connectivity index (χ1v) is 5.33. The molecule has 2 rings (SSSR count). The summed E-state index contributed by atoms with van der Waals surface area (Å²) in [5, 5.41) is 13.8. The van der Waals surface area contributed by atoms with Crippen LogP contribution in [0.1, 0.15) is 11.3 Å². The molecule has 0 amide bonds. The smallest absolute Gasteiger partial charge is 0.167 e. The van der Waals surface area contributed by atoms with Gasteiger partial charge in [-0.15, -0.1) is 0 Å². The molecule has 0 spiro atoms. The molecule has 5 heteroatoms. The van der Waals surface area contributed by atoms with E-state index in [0.29, 0.717) is 22.7 Å². The lowest BCUT2D eigenvalue weighted by molar-refractivity contribution is 0.373. The number of methoxy groups -OCH3 is 1. The normalized spacial score (nSPS) is 11.3. The van der Waals surface area contributed by atoms with Crippen molar-refractivity contribution < 1.29 is 9.84 Å². The van der Waals surface area contributed by atoms with E-state index in [-0.39, 0.29) is 5.75 Å². The van der Waals surface area contributed by atoms with Crippen LogP contribution in [0.15, 0.2) is 47.7 Å². The highest BCUT2D eigenvalue weighted by molar-refractivity contribution is 6.13. The lowest BCUT2D eigenvalue weighted by Gasteiger charge is -2.10. The van der Waals surface area contributed by atoms with Crippen molar-refractivity contribution in [2.24, 2.45) is 10.9 Å². The van der Waals surface area contributed by atoms with Crippen molar-refractivity contribution in [2.45, 2.75) is 0 Å². The third kappa shape index (κ3) is 2.10. The monoisotopic (exact) mass is 243 g/mol. The highest BCUT2D eigenvalue weighted by Gasteiger charge is 2.15. The Hall–Kier alpha value is -2.56. The molecule has 1 aromatic heterocycles. The van der Waals surface area contributed by atoms with Crippen LogP contribution in [0.4, 0.5) is 0 Å². The number of phenols is 1. The van der Waals surface area contributed by atoms with Crippen molar-refractivity contribution in [3.63, 3.8) is 0 Å². The van der Waals surface area contributed by atoms with Gasteiger partial charge in [-0.05, 0) is 24.3 Å². The maximum Gasteiger partial charge on any atom is 0.167 e. The summed E-state index contributed by atoms with van der Waals surface area (Å²) in [7, 11) is 1.48. The van der Waals surface area contributed by atoms with Gasteiger partial charge in [0.25, 0.3) is 0 Å². The number of phenolic OH excluding ortho intramolecular Hbond substituents is 1. The number of nitrogens with zero attached hydrogens (tertiary/aromatic N) is 2. The van der Waals surface area contributed by atoms with E-state index in [1.165, 1.54) is 7.11 Å². The van der Waals surface area contributed by atoms with Crippen LogP contribution in [0.5, 0.6) is 11.5 Å². The van der Waals surface area contributed by atoms with Gasteiger partial charge in [-0.2, -0.15) is 5.10 Å². The molecular formula is C13H13N3O2. The molecule has 0 saturated carbocycles. The second kappa shape index (κ2) is 5.18. The fourth-order valence-electron chi connectivity index (χ4n) is 1.65. The summed E-state index contributed by atoms with van der Waals surface area (Å²) in [5.41, 5.74) is 1.48. The predicted octanol–water partition coefficient (Wildman–Crippen LogP) is 1.51. The quantitative estimate of drug-likeness (QED) is 0.486. The molecule has 0 saturated heterocycles. The third-order valence-corrected chi connectivity index (χ3v) is 2.51. The van der Waals surface area contributed by atoms with Gasteiger partial charge < -0.3 is 15.7 Å². The van der Waals surface area contributed by atoms with Gasteiger partial charge in [0.1, 0.15) is 5.71 Å². The van der Waals surface area contributed by atoms with Gasteiger partial charge >= 0.3 is 0 Å². The van der Waals surface area contributed by atoms with Gasteiger partial charge in [0.15, 0.2) is 11.5 Å². The number of ether oxygens (including phenoxy) is 1. The van der Waals surface area contributed by atoms with Gasteiger partial charge in [-0.1, -0.05) is 12.1 Å². The summed E-state index contributed by atoms with van der Waals surface area (Å²) in [6.45, 7) is 0. The first-order valence-electron chi connectivity index (χ1n) is 5.33. The molecule has 1 aromatic carbocycles. The number of aromatic hydroxyl groups is 1. The zero-order chi connectivity index (χ0) is 13.0. The first kappa shape index (κ1) is 11.9. The molecule has 0 aliphatic rings. The number of benzene rings is 1. The lowest BCUT2D eigenvalue weighted by atomic mass is 10.1. The minimum absolute atomic E-state index is 0.00477. The maximum absolute atomic E-state index is 10.1. The van der Waals surface area contributed by atoms with Crippen LogP contribution in [0.25, 0.3) is 0 Å². The van der Waals surface area contributed by atoms with Crippen molar-refractivity contribution in [1.29, 1.82) is 0 Å². The molecule has 0 unspecified atom stereocenters. The summed E-state index contributed by atoms with van der Waals surface area (Å²) >= 11 is 0. The molecule has 0 atom stereocenters. The Morgan fingerprint density at radius 3 is 2.72 bits per heavy atom. The Morgan fingerprint density at radius 1 is 1.28 bits per heavy atom. The molecule has 18 heavy (non-hydrogen) atoms. The minimum atomic E-state index is -0.00477. The molecular weight excluding hydrogens is 230 g/mol. The van der Waals surface area contributed by atoms with E-state index in [2.05, 4.69) is 10.1 Å². The highest BCUT2D eigenvalue weighted by Crippen LogP contribution is 2.30. The van der Waals surface area contributed by atoms with Crippen LogP contribution in [-0.2, 0) is 0 Å². The largest absolute Gasteiger partial charge is 0.504 e. The molecule has 92 valence electrons. The Balaban J connectivity index is 2.54. The Bertz CT molecular complexity index is 568. The summed E-state index contributed by atoms with van der Waals surface area (Å²) in [4.78, 5) is 4.16. The van der Waals surface area contributed by atoms with Crippen LogP contribution in [-0.4, -0.2) is 22.9 Å². The van der Waals surface area contributed by atoms with Gasteiger partial charge in [0.05, 0.1) is 12.8 Å². The maximum atomic E-state index is 10.1. The van der Waals surface area contributed by atoms with Crippen molar-refractivity contribution in [3.05, 3.63) is 53.9 Å². The summed E-state index contributed by atoms with van der Waals surface area (Å²) in [5.74, 6) is 5.75. The summed E-state index contributed by atoms with van der Waals surface area (Å²) in [6.07, 6.45) is 1.64. The van der Waals surface area contributed by atoms with E-state index in [9.17, 15) is 5.11 Å². The zero-order valence-corrected chi connectivity index (χ0v) is 9.87. The molecule has 0 fully saturated rings. The van der Waals surface area contributed by atoms with E-state index in [1.54, 1.807) is 36.5 Å². The van der Waals surface area contributed by atoms with E-state index in [0.717, 1.165) is 0 Å². The number of para-hydroxylation sites is 1. The lowest BCUT2D eigenvalue weighted by Crippen LogP contribution is -2.09. The van der Waals surface area contributed by atoms with Crippen LogP contribution in [0.3, 0.4) is 0 Å². The van der Waals surface area contributed by atoms with Crippen LogP contribution < -0.4 is 10.6 Å². The van der Waals surface area contributed by atoms with Gasteiger partial charge in [-0.25, -0.2) is 0 Å². The minimum Gasteiger partial charge on any atom is -0.504 e. The number of hydrazone groups is 1. The third-order valence-electron chi connectivity index (χ3n) is 2.51. The summed E-state index contributed by atoms with van der Waals surface area (Å²) in [6, 6.07) is 10.5. The van der Waals surface area contributed by atoms with Gasteiger partial charge in [-0.3, -0.25) is 4.98 Å². The van der Waals surface area contributed by atoms with E-state index in [1.807, 2.05) is 6.07 Å². The molecule has 0 aliphatic carbocycles. The van der Waals surface area contributed by atoms with Crippen LogP contribution >= 0.6 is 0 Å². The standard InChI is InChI=1S/C13H13N3O2/c1-18-11-7-4-5-9(13(11)17)12(16-14)10-6-2-3-8-15-10/h2-8,17H,14H2,1H3. The number of nitrogens with two attached hydrogens (primary N) is 1. The van der Waals surface area contributed by atoms with Crippen LogP contribution in [0, 0.1) is 0 Å². The van der Waals surface area contributed by atoms with Crippen molar-refractivity contribution in [2.75, 3.05) is 7.11 Å². The zero-order valence-electron chi connectivity index (χ0n) is 9.87. The van der Waals surface area contributed by atoms with Gasteiger partial charge in [0, 0.05) is 11.8 Å². The highest BCUT2D eigenvalue weighted by atomic mass is 16.5. The van der Waals surface area contributed by atoms with Crippen LogP contribution in [0.2, 0.25) is 0 Å². The molecule has 3 N–H and O–H groups in total.